The highest BCUT2D eigenvalue weighted by Crippen LogP contribution is 2.26. The van der Waals surface area contributed by atoms with Gasteiger partial charge in [0.25, 0.3) is 0 Å². The lowest BCUT2D eigenvalue weighted by Crippen LogP contribution is -2.43. The normalized spacial score (nSPS) is 16.2. The first-order valence-corrected chi connectivity index (χ1v) is 6.46. The fourth-order valence-electron chi connectivity index (χ4n) is 1.86. The van der Waals surface area contributed by atoms with Crippen molar-refractivity contribution in [2.24, 2.45) is 10.7 Å². The van der Waals surface area contributed by atoms with Gasteiger partial charge in [0.1, 0.15) is 5.75 Å². The second kappa shape index (κ2) is 5.96. The topological polar surface area (TPSA) is 59.6 Å². The highest BCUT2D eigenvalue weighted by Gasteiger charge is 2.17. The Kier molecular flexibility index (Phi) is 4.31. The van der Waals surface area contributed by atoms with Gasteiger partial charge in [-0.15, -0.1) is 0 Å². The molecule has 1 aromatic carbocycles. The number of nitrogens with one attached hydrogen (secondary N) is 1. The summed E-state index contributed by atoms with van der Waals surface area (Å²) in [5.74, 6) is 1.21. The summed E-state index contributed by atoms with van der Waals surface area (Å²) in [6.07, 6.45) is 3.61. The number of methoxy groups -OCH3 is 1. The molecule has 0 radical (unpaired) electrons. The molecule has 5 heteroatoms. The zero-order chi connectivity index (χ0) is 13.0. The van der Waals surface area contributed by atoms with E-state index in [4.69, 9.17) is 22.1 Å². The maximum Gasteiger partial charge on any atom is 0.189 e. The van der Waals surface area contributed by atoms with E-state index < -0.39 is 0 Å². The number of hydrogen-bond acceptors (Lipinski definition) is 2. The Labute approximate surface area is 112 Å². The molecule has 4 nitrogen and oxygen atoms in total. The summed E-state index contributed by atoms with van der Waals surface area (Å²) in [5, 5.41) is 3.84. The van der Waals surface area contributed by atoms with Gasteiger partial charge < -0.3 is 15.8 Å². The van der Waals surface area contributed by atoms with Gasteiger partial charge in [0.2, 0.25) is 0 Å². The van der Waals surface area contributed by atoms with E-state index in [0.29, 0.717) is 23.6 Å². The van der Waals surface area contributed by atoms with Crippen LogP contribution in [0.3, 0.4) is 0 Å². The molecule has 0 saturated heterocycles. The van der Waals surface area contributed by atoms with Crippen molar-refractivity contribution in [2.75, 3.05) is 7.11 Å². The molecule has 1 saturated carbocycles. The summed E-state index contributed by atoms with van der Waals surface area (Å²) in [5.41, 5.74) is 6.69. The van der Waals surface area contributed by atoms with E-state index in [1.807, 2.05) is 18.2 Å². The van der Waals surface area contributed by atoms with Crippen LogP contribution in [0.5, 0.6) is 5.75 Å². The van der Waals surface area contributed by atoms with Crippen molar-refractivity contribution in [1.29, 1.82) is 0 Å². The SMILES string of the molecule is COc1cccc(Cl)c1CN=C(N)NC1CCC1. The predicted octanol–water partition coefficient (Wildman–Crippen LogP) is 2.31. The first kappa shape index (κ1) is 13.0. The van der Waals surface area contributed by atoms with Gasteiger partial charge in [-0.1, -0.05) is 17.7 Å². The van der Waals surface area contributed by atoms with Crippen LogP contribution < -0.4 is 15.8 Å². The third-order valence-electron chi connectivity index (χ3n) is 3.16. The number of guanidine groups is 1. The van der Waals surface area contributed by atoms with Crippen LogP contribution in [0.4, 0.5) is 0 Å². The van der Waals surface area contributed by atoms with Gasteiger partial charge in [0, 0.05) is 16.6 Å². The lowest BCUT2D eigenvalue weighted by Gasteiger charge is -2.26. The lowest BCUT2D eigenvalue weighted by molar-refractivity contribution is 0.382. The minimum Gasteiger partial charge on any atom is -0.496 e. The molecule has 0 unspecified atom stereocenters. The Bertz CT molecular complexity index is 444. The molecule has 98 valence electrons. The molecule has 2 rings (SSSR count). The molecule has 18 heavy (non-hydrogen) atoms. The second-order valence-electron chi connectivity index (χ2n) is 4.39. The molecule has 3 N–H and O–H groups in total. The summed E-state index contributed by atoms with van der Waals surface area (Å²) in [6, 6.07) is 6.03. The Morgan fingerprint density at radius 2 is 2.33 bits per heavy atom. The van der Waals surface area contributed by atoms with E-state index in [1.165, 1.54) is 19.3 Å². The first-order chi connectivity index (χ1) is 8.70. The lowest BCUT2D eigenvalue weighted by atomic mass is 9.93. The Morgan fingerprint density at radius 1 is 1.56 bits per heavy atom. The van der Waals surface area contributed by atoms with Crippen molar-refractivity contribution in [2.45, 2.75) is 31.8 Å². The van der Waals surface area contributed by atoms with Crippen LogP contribution >= 0.6 is 11.6 Å². The van der Waals surface area contributed by atoms with Crippen LogP contribution in [-0.4, -0.2) is 19.1 Å². The quantitative estimate of drug-likeness (QED) is 0.650. The molecule has 0 bridgehead atoms. The number of nitrogens with zero attached hydrogens (tertiary/aromatic N) is 1. The maximum atomic E-state index is 6.13. The third-order valence-corrected chi connectivity index (χ3v) is 3.51. The van der Waals surface area contributed by atoms with E-state index in [0.717, 1.165) is 11.3 Å². The van der Waals surface area contributed by atoms with E-state index in [-0.39, 0.29) is 0 Å². The smallest absolute Gasteiger partial charge is 0.189 e. The van der Waals surface area contributed by atoms with Gasteiger partial charge >= 0.3 is 0 Å². The van der Waals surface area contributed by atoms with Crippen LogP contribution in [-0.2, 0) is 6.54 Å². The highest BCUT2D eigenvalue weighted by molar-refractivity contribution is 6.31. The Morgan fingerprint density at radius 3 is 2.94 bits per heavy atom. The summed E-state index contributed by atoms with van der Waals surface area (Å²) >= 11 is 6.13. The molecular weight excluding hydrogens is 250 g/mol. The average Bonchev–Trinajstić information content (AvgIpc) is 2.32. The van der Waals surface area contributed by atoms with Crippen LogP contribution in [0.15, 0.2) is 23.2 Å². The fourth-order valence-corrected chi connectivity index (χ4v) is 2.08. The molecule has 1 aliphatic carbocycles. The van der Waals surface area contributed by atoms with Gasteiger partial charge in [0.05, 0.1) is 13.7 Å². The van der Waals surface area contributed by atoms with Crippen LogP contribution in [0.2, 0.25) is 5.02 Å². The van der Waals surface area contributed by atoms with Crippen LogP contribution in [0.1, 0.15) is 24.8 Å². The largest absolute Gasteiger partial charge is 0.496 e. The molecule has 0 spiro atoms. The van der Waals surface area contributed by atoms with Gasteiger partial charge in [-0.3, -0.25) is 0 Å². The molecule has 0 aliphatic heterocycles. The minimum atomic E-state index is 0.425. The number of halogens is 1. The third kappa shape index (κ3) is 3.07. The molecule has 1 fully saturated rings. The summed E-state index contributed by atoms with van der Waals surface area (Å²) in [4.78, 5) is 4.30. The number of nitrogens with two attached hydrogens (primary N) is 1. The van der Waals surface area contributed by atoms with E-state index in [1.54, 1.807) is 7.11 Å². The number of hydrogen-bond donors (Lipinski definition) is 2. The molecule has 0 atom stereocenters. The molecule has 0 amide bonds. The monoisotopic (exact) mass is 267 g/mol. The number of rotatable bonds is 4. The number of benzene rings is 1. The van der Waals surface area contributed by atoms with E-state index in [9.17, 15) is 0 Å². The zero-order valence-electron chi connectivity index (χ0n) is 10.4. The molecular formula is C13H18ClN3O. The Balaban J connectivity index is 2.01. The summed E-state index contributed by atoms with van der Waals surface area (Å²) in [6.45, 7) is 0.425. The van der Waals surface area contributed by atoms with Crippen molar-refractivity contribution < 1.29 is 4.74 Å². The van der Waals surface area contributed by atoms with Crippen molar-refractivity contribution >= 4 is 17.6 Å². The van der Waals surface area contributed by atoms with Crippen molar-refractivity contribution in [3.8, 4) is 5.75 Å². The van der Waals surface area contributed by atoms with Gasteiger partial charge in [-0.2, -0.15) is 0 Å². The van der Waals surface area contributed by atoms with E-state index >= 15 is 0 Å². The number of aliphatic imine (C=N–C) groups is 1. The average molecular weight is 268 g/mol. The van der Waals surface area contributed by atoms with Gasteiger partial charge in [-0.25, -0.2) is 4.99 Å². The van der Waals surface area contributed by atoms with Crippen molar-refractivity contribution in [3.63, 3.8) is 0 Å². The minimum absolute atomic E-state index is 0.425. The second-order valence-corrected chi connectivity index (χ2v) is 4.80. The fraction of sp³-hybridized carbons (Fsp3) is 0.462. The van der Waals surface area contributed by atoms with Crippen LogP contribution in [0, 0.1) is 0 Å². The van der Waals surface area contributed by atoms with Crippen LogP contribution in [0.25, 0.3) is 0 Å². The Hall–Kier alpha value is -1.42. The summed E-state index contributed by atoms with van der Waals surface area (Å²) in [7, 11) is 1.62. The highest BCUT2D eigenvalue weighted by atomic mass is 35.5. The van der Waals surface area contributed by atoms with E-state index in [2.05, 4.69) is 10.3 Å². The van der Waals surface area contributed by atoms with Gasteiger partial charge in [0.15, 0.2) is 5.96 Å². The van der Waals surface area contributed by atoms with Crippen molar-refractivity contribution in [3.05, 3.63) is 28.8 Å². The number of ether oxygens (including phenoxy) is 1. The zero-order valence-corrected chi connectivity index (χ0v) is 11.2. The maximum absolute atomic E-state index is 6.13. The van der Waals surface area contributed by atoms with Gasteiger partial charge in [-0.05, 0) is 31.4 Å². The molecule has 0 heterocycles. The standard InChI is InChI=1S/C13H18ClN3O/c1-18-12-7-3-6-11(14)10(12)8-16-13(15)17-9-4-2-5-9/h3,6-7,9H,2,4-5,8H2,1H3,(H3,15,16,17). The molecule has 1 aromatic rings. The molecule has 1 aliphatic rings. The van der Waals surface area contributed by atoms with Crippen molar-refractivity contribution in [1.82, 2.24) is 5.32 Å². The first-order valence-electron chi connectivity index (χ1n) is 6.08. The summed E-state index contributed by atoms with van der Waals surface area (Å²) < 4.78 is 5.26. The molecule has 0 aromatic heterocycles. The predicted molar refractivity (Wildman–Crippen MR) is 74.1 cm³/mol.